The van der Waals surface area contributed by atoms with Crippen molar-refractivity contribution in [2.75, 3.05) is 38.7 Å². The molecule has 12 amide bonds. The van der Waals surface area contributed by atoms with Crippen LogP contribution in [0.3, 0.4) is 0 Å². The second-order valence-electron chi connectivity index (χ2n) is 29.9. The number of hydrogen-bond acceptors (Lipinski definition) is 22. The Morgan fingerprint density at radius 2 is 1.04 bits per heavy atom. The fourth-order valence-corrected chi connectivity index (χ4v) is 11.5. The molecule has 1 heterocycles. The summed E-state index contributed by atoms with van der Waals surface area (Å²) < 4.78 is 95.2. The van der Waals surface area contributed by atoms with E-state index in [9.17, 15) is 103 Å². The molecule has 0 aromatic heterocycles. The molecule has 1 saturated heterocycles. The van der Waals surface area contributed by atoms with E-state index in [1.54, 1.807) is 79.6 Å². The molecule has 39 nitrogen and oxygen atoms in total. The fraction of sp³-hybridized carbons (Fsp3) is 0.672. The molecule has 1 fully saturated rings. The summed E-state index contributed by atoms with van der Waals surface area (Å²) in [7, 11) is 1.42. The zero-order valence-electron chi connectivity index (χ0n) is 66.3. The van der Waals surface area contributed by atoms with Gasteiger partial charge >= 0.3 is 36.4 Å². The van der Waals surface area contributed by atoms with Crippen LogP contribution in [0, 0.1) is 23.2 Å². The van der Waals surface area contributed by atoms with Gasteiger partial charge < -0.3 is 122 Å². The number of alkyl halides is 9. The number of nitrogens with one attached hydrogen (secondary N) is 11. The monoisotopic (exact) mass is 1700 g/mol. The van der Waals surface area contributed by atoms with Crippen LogP contribution < -0.4 is 86.3 Å². The number of rotatable bonds is 23. The van der Waals surface area contributed by atoms with Crippen molar-refractivity contribution < 1.29 is 147 Å². The Balaban J connectivity index is 0. The second kappa shape index (κ2) is 48.3. The molecule has 2 rings (SSSR count). The van der Waals surface area contributed by atoms with E-state index >= 15 is 14.4 Å². The van der Waals surface area contributed by atoms with Crippen LogP contribution >= 0.6 is 0 Å². The molecular weight excluding hydrogens is 1590 g/mol. The number of primary amides is 1. The van der Waals surface area contributed by atoms with Crippen molar-refractivity contribution in [3.63, 3.8) is 0 Å². The number of carboxylic acids is 3. The van der Waals surface area contributed by atoms with E-state index in [4.69, 9.17) is 52.6 Å². The van der Waals surface area contributed by atoms with Gasteiger partial charge in [0.25, 0.3) is 0 Å². The smallest absolute Gasteiger partial charge is 0.475 e. The maximum atomic E-state index is 15.7. The maximum absolute atomic E-state index is 15.7. The van der Waals surface area contributed by atoms with Crippen molar-refractivity contribution in [1.29, 1.82) is 0 Å². The number of aliphatic hydroxyl groups excluding tert-OH is 4. The summed E-state index contributed by atoms with van der Waals surface area (Å²) in [5.74, 6) is -24.6. The largest absolute Gasteiger partial charge is 0.490 e. The second-order valence-corrected chi connectivity index (χ2v) is 35.5. The van der Waals surface area contributed by atoms with Crippen molar-refractivity contribution >= 4 is 109 Å². The lowest BCUT2D eigenvalue weighted by molar-refractivity contribution is -0.193. The van der Waals surface area contributed by atoms with Gasteiger partial charge in [0, 0.05) is 34.4 Å². The first-order valence-corrected chi connectivity index (χ1v) is 39.2. The summed E-state index contributed by atoms with van der Waals surface area (Å²) in [6.45, 7) is 19.7. The third-order valence-corrected chi connectivity index (χ3v) is 17.8. The van der Waals surface area contributed by atoms with Crippen molar-refractivity contribution in [1.82, 2.24) is 58.5 Å². The highest BCUT2D eigenvalue weighted by Gasteiger charge is 2.45. The molecule has 26 N–H and O–H groups in total. The first-order valence-electron chi connectivity index (χ1n) is 35.5. The van der Waals surface area contributed by atoms with E-state index in [2.05, 4.69) is 58.2 Å². The number of anilines is 1. The Morgan fingerprint density at radius 3 is 1.46 bits per heavy atom. The number of aliphatic carboxylic acids is 3. The van der Waals surface area contributed by atoms with Gasteiger partial charge in [-0.1, -0.05) is 101 Å². The molecule has 662 valence electrons. The molecule has 1 aliphatic rings. The molecule has 0 aliphatic carbocycles. The zero-order chi connectivity index (χ0) is 91.0. The third kappa shape index (κ3) is 40.8. The summed E-state index contributed by atoms with van der Waals surface area (Å²) >= 11 is 0. The van der Waals surface area contributed by atoms with E-state index in [-0.39, 0.29) is 56.1 Å². The number of nitrogens with two attached hydrogens (primary N) is 4. The van der Waals surface area contributed by atoms with Crippen LogP contribution in [0.5, 0.6) is 0 Å². The van der Waals surface area contributed by atoms with E-state index in [0.29, 0.717) is 11.7 Å². The average molecular weight is 1700 g/mol. The first kappa shape index (κ1) is 108. The number of amides is 12. The van der Waals surface area contributed by atoms with Gasteiger partial charge in [-0.3, -0.25) is 62.5 Å². The lowest BCUT2D eigenvalue weighted by atomic mass is 9.87. The molecule has 49 heteroatoms. The Morgan fingerprint density at radius 1 is 0.603 bits per heavy atom. The predicted molar refractivity (Wildman–Crippen MR) is 397 cm³/mol. The fourth-order valence-electron chi connectivity index (χ4n) is 9.96. The Hall–Kier alpha value is -10.3. The zero-order valence-corrected chi connectivity index (χ0v) is 67.3. The van der Waals surface area contributed by atoms with Crippen LogP contribution in [-0.4, -0.2) is 270 Å². The number of carbonyl (C=O) groups is 15. The Kier molecular flexibility index (Phi) is 44.9. The van der Waals surface area contributed by atoms with Crippen LogP contribution in [0.4, 0.5) is 45.2 Å². The number of guanidine groups is 1. The highest BCUT2D eigenvalue weighted by molar-refractivity contribution is 6.76. The Bertz CT molecular complexity index is 3470. The molecule has 0 saturated carbocycles. The number of aliphatic imine (C=N–C) groups is 1. The van der Waals surface area contributed by atoms with Gasteiger partial charge in [0.1, 0.15) is 54.4 Å². The van der Waals surface area contributed by atoms with Crippen LogP contribution in [0.1, 0.15) is 113 Å². The summed E-state index contributed by atoms with van der Waals surface area (Å²) in [5.41, 5.74) is 22.8. The quantitative estimate of drug-likeness (QED) is 0.0169. The van der Waals surface area contributed by atoms with Crippen LogP contribution in [0.2, 0.25) is 25.7 Å². The van der Waals surface area contributed by atoms with Gasteiger partial charge in [-0.05, 0) is 79.5 Å². The highest BCUT2D eigenvalue weighted by atomic mass is 28.3. The third-order valence-electron chi connectivity index (χ3n) is 16.1. The average Bonchev–Trinajstić information content (AvgIpc) is 0.803. The minimum Gasteiger partial charge on any atom is -0.475 e. The summed E-state index contributed by atoms with van der Waals surface area (Å²) in [6.07, 6.45) is -21.4. The van der Waals surface area contributed by atoms with Crippen LogP contribution in [-0.2, 0) is 71.9 Å². The van der Waals surface area contributed by atoms with Gasteiger partial charge in [0.15, 0.2) is 12.1 Å². The number of carbonyl (C=O) groups excluding carboxylic acids is 12. The van der Waals surface area contributed by atoms with Gasteiger partial charge in [-0.15, -0.1) is 0 Å². The molecule has 0 radical (unpaired) electrons. The van der Waals surface area contributed by atoms with Crippen molar-refractivity contribution in [2.24, 2.45) is 51.1 Å². The first-order chi connectivity index (χ1) is 52.8. The Labute approximate surface area is 662 Å². The van der Waals surface area contributed by atoms with Gasteiger partial charge in [-0.25, -0.2) is 14.4 Å². The van der Waals surface area contributed by atoms with Gasteiger partial charge in [0.05, 0.1) is 37.4 Å². The van der Waals surface area contributed by atoms with E-state index in [1.165, 1.54) is 26.0 Å². The molecular formula is C67H110F9N17O22Si. The number of hydrogen-bond donors (Lipinski definition) is 22. The van der Waals surface area contributed by atoms with Gasteiger partial charge in [-0.2, -0.15) is 39.5 Å². The maximum Gasteiger partial charge on any atom is 0.490 e. The highest BCUT2D eigenvalue weighted by Crippen LogP contribution is 2.26. The molecule has 0 spiro atoms. The topological polar surface area (TPSA) is 650 Å². The number of halogens is 9. The molecule has 15 atom stereocenters. The minimum absolute atomic E-state index is 0.0285. The lowest BCUT2D eigenvalue weighted by Gasteiger charge is -2.35. The molecule has 0 unspecified atom stereocenters. The minimum atomic E-state index is -5.08. The van der Waals surface area contributed by atoms with Crippen molar-refractivity contribution in [2.45, 2.75) is 230 Å². The summed E-state index contributed by atoms with van der Waals surface area (Å²) in [6, 6.07) is -13.1. The predicted octanol–water partition coefficient (Wildman–Crippen LogP) is -3.21. The van der Waals surface area contributed by atoms with E-state index in [1.807, 2.05) is 25.0 Å². The molecule has 116 heavy (non-hydrogen) atoms. The van der Waals surface area contributed by atoms with Crippen LogP contribution in [0.15, 0.2) is 29.3 Å². The number of carboxylic acid groups (broad SMARTS) is 3. The summed E-state index contributed by atoms with van der Waals surface area (Å²) in [5, 5.41) is 93.0. The number of benzene rings is 1. The van der Waals surface area contributed by atoms with Gasteiger partial charge in [0.2, 0.25) is 70.9 Å². The summed E-state index contributed by atoms with van der Waals surface area (Å²) in [4.78, 5) is 204. The molecule has 0 bridgehead atoms. The van der Waals surface area contributed by atoms with E-state index < -0.39 is 231 Å². The number of aliphatic hydroxyl groups is 4. The normalized spacial score (nSPS) is 21.9. The molecule has 1 aromatic rings. The standard InChI is InChI=1S/C61H107N17O16Si.3C2HF3O2/c1-16-31(6)41-56(91)74-42(32(7)80)55(90)67-26-40(81)72-46(48(83)49(63)84)59(94)71-39(27-79)54(89)75-43(33-19-21-34(22-20-33)78(11)12)44(76-53(88)38(25-61(8,9)10)70-50(85)35(62)28-95(13,14)15)57(92)77-45(47(82)30(4)5)58(93)69-37(24-29(2)3)52(87)68-36(51(86)73-41)18-17-23-66-60(64)65;3*3-2(4,5)1(6)7/h19-22,29-32,35-39,41-48,79-80,82-83H,16-18,23-28,62H2,1-15H3,(H2,63,84)(H,67,90)(H,68,87)(H,69,93)(H,70,85)(H,71,94)(H,72,81)(H,73,86)(H,74,91)(H,75,89)(H,76,88)(H,77,92)(H4,64,65,66);3*(H,6,7)/t31-,32-,35+,36+,37-,38-,39-,41-,42-,43+,44-,45-,46-,47+,48-;;;/m0.../s1. The van der Waals surface area contributed by atoms with Crippen molar-refractivity contribution in [3.05, 3.63) is 29.8 Å². The molecule has 1 aliphatic heterocycles. The SMILES string of the molecule is CC[C@H](C)[C@@H]1NC(=O)[C@@H](CCCN=C(N)N)NC(=O)[C@H](CC(C)C)NC(=O)[C@H]([C@H](O)C(C)C)NC(=O)[C@@H](NC(=O)[C@H](CC(C)(C)C)NC(=O)[C@H](N)C[Si](C)(C)C)[C@@H](c2ccc(N(C)C)cc2)NC(=O)[C@H](CO)NC(=O)[C@H]([C@H](O)C(N)=O)NC(=O)CNC(=O)[C@H]([C@H](C)O)NC1=O.O=C(O)C(F)(F)F.O=C(O)C(F)(F)F.O=C(O)C(F)(F)F. The number of nitrogens with zero attached hydrogens (tertiary/aromatic N) is 2. The molecule has 1 aromatic carbocycles. The van der Waals surface area contributed by atoms with Crippen molar-refractivity contribution in [3.8, 4) is 0 Å². The lowest BCUT2D eigenvalue weighted by Crippen LogP contribution is -2.65. The van der Waals surface area contributed by atoms with E-state index in [0.717, 1.165) is 6.92 Å². The van der Waals surface area contributed by atoms with Crippen LogP contribution in [0.25, 0.3) is 0 Å².